The van der Waals surface area contributed by atoms with Crippen molar-refractivity contribution in [3.05, 3.63) is 59.9 Å². The van der Waals surface area contributed by atoms with Crippen LogP contribution in [0, 0.1) is 0 Å². The van der Waals surface area contributed by atoms with Gasteiger partial charge in [0.25, 0.3) is 0 Å². The predicted molar refractivity (Wildman–Crippen MR) is 114 cm³/mol. The molecule has 1 aromatic heterocycles. The molecule has 5 heteroatoms. The van der Waals surface area contributed by atoms with Gasteiger partial charge in [-0.2, -0.15) is 0 Å². The largest absolute Gasteiger partial charge is 0.497 e. The minimum atomic E-state index is 0.121. The Balaban J connectivity index is 2.08. The van der Waals surface area contributed by atoms with E-state index in [0.29, 0.717) is 0 Å². The maximum absolute atomic E-state index is 5.43. The summed E-state index contributed by atoms with van der Waals surface area (Å²) in [4.78, 5) is 2.16. The fraction of sp³-hybridized carbons (Fsp3) is 0.391. The first-order valence-electron chi connectivity index (χ1n) is 9.64. The van der Waals surface area contributed by atoms with E-state index in [9.17, 15) is 0 Å². The van der Waals surface area contributed by atoms with E-state index in [4.69, 9.17) is 4.74 Å². The summed E-state index contributed by atoms with van der Waals surface area (Å²) >= 11 is 0. The molecule has 0 aliphatic rings. The summed E-state index contributed by atoms with van der Waals surface area (Å²) in [5.74, 6) is 2.61. The summed E-state index contributed by atoms with van der Waals surface area (Å²) in [7, 11) is 5.82. The smallest absolute Gasteiger partial charge is 0.168 e. The zero-order valence-electron chi connectivity index (χ0n) is 17.7. The van der Waals surface area contributed by atoms with E-state index >= 15 is 0 Å². The van der Waals surface area contributed by atoms with Gasteiger partial charge < -0.3 is 9.64 Å². The summed E-state index contributed by atoms with van der Waals surface area (Å²) in [5.41, 5.74) is 3.49. The molecule has 3 rings (SSSR count). The maximum Gasteiger partial charge on any atom is 0.168 e. The summed E-state index contributed by atoms with van der Waals surface area (Å²) in [6.07, 6.45) is 0.817. The molecule has 0 radical (unpaired) electrons. The van der Waals surface area contributed by atoms with Crippen LogP contribution in [0.3, 0.4) is 0 Å². The molecule has 0 saturated heterocycles. The molecule has 0 unspecified atom stereocenters. The lowest BCUT2D eigenvalue weighted by molar-refractivity contribution is 0.408. The van der Waals surface area contributed by atoms with Crippen LogP contribution in [-0.2, 0) is 11.8 Å². The number of likely N-dealkylation sites (N-methyl/N-ethyl adjacent to an activating group) is 1. The molecular weight excluding hydrogens is 348 g/mol. The van der Waals surface area contributed by atoms with Crippen molar-refractivity contribution in [1.82, 2.24) is 19.7 Å². The molecule has 0 spiro atoms. The second-order valence-corrected chi connectivity index (χ2v) is 8.36. The molecule has 148 valence electrons. The van der Waals surface area contributed by atoms with E-state index in [1.54, 1.807) is 7.11 Å². The highest BCUT2D eigenvalue weighted by molar-refractivity contribution is 5.60. The molecule has 0 atom stereocenters. The van der Waals surface area contributed by atoms with E-state index in [-0.39, 0.29) is 5.41 Å². The molecule has 3 aromatic rings. The van der Waals surface area contributed by atoms with Crippen LogP contribution in [0.2, 0.25) is 0 Å². The van der Waals surface area contributed by atoms with Crippen LogP contribution in [0.15, 0.2) is 48.5 Å². The molecule has 0 saturated carbocycles. The fourth-order valence-electron chi connectivity index (χ4n) is 3.13. The second-order valence-electron chi connectivity index (χ2n) is 8.36. The van der Waals surface area contributed by atoms with E-state index in [1.807, 2.05) is 18.2 Å². The molecule has 5 nitrogen and oxygen atoms in total. The topological polar surface area (TPSA) is 43.2 Å². The molecule has 1 heterocycles. The lowest BCUT2D eigenvalue weighted by Gasteiger charge is -2.19. The van der Waals surface area contributed by atoms with E-state index in [2.05, 4.69) is 84.9 Å². The zero-order chi connectivity index (χ0) is 20.3. The Morgan fingerprint density at radius 3 is 2.32 bits per heavy atom. The number of nitrogens with zero attached hydrogens (tertiary/aromatic N) is 4. The van der Waals surface area contributed by atoms with Crippen molar-refractivity contribution in [3.63, 3.8) is 0 Å². The molecule has 2 aromatic carbocycles. The monoisotopic (exact) mass is 378 g/mol. The first-order valence-corrected chi connectivity index (χ1v) is 9.64. The van der Waals surface area contributed by atoms with Crippen LogP contribution in [0.1, 0.15) is 32.2 Å². The number of rotatable bonds is 6. The molecule has 0 amide bonds. The second kappa shape index (κ2) is 8.15. The molecule has 28 heavy (non-hydrogen) atoms. The van der Waals surface area contributed by atoms with Crippen molar-refractivity contribution in [2.24, 2.45) is 0 Å². The number of benzene rings is 2. The molecule has 0 N–H and O–H groups in total. The van der Waals surface area contributed by atoms with Crippen molar-refractivity contribution >= 4 is 0 Å². The SMILES string of the molecule is COc1cccc(-n2c(CCN(C)C)nnc2-c2ccc(C(C)(C)C)cc2)c1. The predicted octanol–water partition coefficient (Wildman–Crippen LogP) is 4.34. The third-order valence-corrected chi connectivity index (χ3v) is 4.83. The van der Waals surface area contributed by atoms with Crippen molar-refractivity contribution in [2.75, 3.05) is 27.7 Å². The van der Waals surface area contributed by atoms with Crippen molar-refractivity contribution in [2.45, 2.75) is 32.6 Å². The number of methoxy groups -OCH3 is 1. The summed E-state index contributed by atoms with van der Waals surface area (Å²) < 4.78 is 7.56. The number of hydrogen-bond donors (Lipinski definition) is 0. The average molecular weight is 379 g/mol. The van der Waals surface area contributed by atoms with E-state index in [1.165, 1.54) is 5.56 Å². The highest BCUT2D eigenvalue weighted by atomic mass is 16.5. The lowest BCUT2D eigenvalue weighted by atomic mass is 9.86. The molecular formula is C23H30N4O. The van der Waals surface area contributed by atoms with Crippen LogP contribution < -0.4 is 4.74 Å². The Morgan fingerprint density at radius 1 is 1.00 bits per heavy atom. The van der Waals surface area contributed by atoms with E-state index < -0.39 is 0 Å². The van der Waals surface area contributed by atoms with Gasteiger partial charge in [-0.15, -0.1) is 10.2 Å². The maximum atomic E-state index is 5.43. The van der Waals surface area contributed by atoms with Gasteiger partial charge in [0.15, 0.2) is 5.82 Å². The highest BCUT2D eigenvalue weighted by Gasteiger charge is 2.18. The fourth-order valence-corrected chi connectivity index (χ4v) is 3.13. The van der Waals surface area contributed by atoms with Crippen LogP contribution in [0.25, 0.3) is 17.1 Å². The molecule has 0 aliphatic carbocycles. The minimum Gasteiger partial charge on any atom is -0.497 e. The first-order chi connectivity index (χ1) is 13.3. The Hall–Kier alpha value is -2.66. The summed E-state index contributed by atoms with van der Waals surface area (Å²) in [6, 6.07) is 16.7. The molecule has 0 bridgehead atoms. The minimum absolute atomic E-state index is 0.121. The van der Waals surface area contributed by atoms with Crippen LogP contribution in [0.4, 0.5) is 0 Å². The standard InChI is InChI=1S/C23H30N4O/c1-23(2,3)18-12-10-17(11-13-18)22-25-24-21(14-15-26(4)5)27(22)19-8-7-9-20(16-19)28-6/h7-13,16H,14-15H2,1-6H3. The number of hydrogen-bond acceptors (Lipinski definition) is 4. The normalized spacial score (nSPS) is 11.8. The third-order valence-electron chi connectivity index (χ3n) is 4.83. The highest BCUT2D eigenvalue weighted by Crippen LogP contribution is 2.28. The molecule has 0 aliphatic heterocycles. The lowest BCUT2D eigenvalue weighted by Crippen LogP contribution is -2.17. The Bertz CT molecular complexity index is 921. The van der Waals surface area contributed by atoms with Crippen molar-refractivity contribution in [3.8, 4) is 22.8 Å². The van der Waals surface area contributed by atoms with E-state index in [0.717, 1.165) is 41.6 Å². The van der Waals surface area contributed by atoms with Gasteiger partial charge >= 0.3 is 0 Å². The van der Waals surface area contributed by atoms with Gasteiger partial charge in [-0.25, -0.2) is 0 Å². The number of ether oxygens (including phenoxy) is 1. The van der Waals surface area contributed by atoms with Gasteiger partial charge in [0.05, 0.1) is 12.8 Å². The zero-order valence-corrected chi connectivity index (χ0v) is 17.7. The van der Waals surface area contributed by atoms with Crippen LogP contribution in [-0.4, -0.2) is 47.4 Å². The van der Waals surface area contributed by atoms with Gasteiger partial charge in [0.1, 0.15) is 11.6 Å². The Labute approximate surface area is 168 Å². The van der Waals surface area contributed by atoms with Gasteiger partial charge in [-0.1, -0.05) is 51.1 Å². The Morgan fingerprint density at radius 2 is 1.71 bits per heavy atom. The number of aromatic nitrogens is 3. The van der Waals surface area contributed by atoms with Gasteiger partial charge in [-0.3, -0.25) is 4.57 Å². The first kappa shape index (κ1) is 20.1. The average Bonchev–Trinajstić information content (AvgIpc) is 3.09. The molecule has 0 fully saturated rings. The van der Waals surface area contributed by atoms with Gasteiger partial charge in [-0.05, 0) is 37.2 Å². The third kappa shape index (κ3) is 4.42. The van der Waals surface area contributed by atoms with Crippen LogP contribution >= 0.6 is 0 Å². The van der Waals surface area contributed by atoms with Crippen molar-refractivity contribution < 1.29 is 4.74 Å². The Kier molecular flexibility index (Phi) is 5.84. The van der Waals surface area contributed by atoms with Gasteiger partial charge in [0.2, 0.25) is 0 Å². The van der Waals surface area contributed by atoms with Crippen LogP contribution in [0.5, 0.6) is 5.75 Å². The van der Waals surface area contributed by atoms with Crippen molar-refractivity contribution in [1.29, 1.82) is 0 Å². The quantitative estimate of drug-likeness (QED) is 0.640. The summed E-state index contributed by atoms with van der Waals surface area (Å²) in [5, 5.41) is 9.05. The summed E-state index contributed by atoms with van der Waals surface area (Å²) in [6.45, 7) is 7.57. The van der Waals surface area contributed by atoms with Gasteiger partial charge in [0, 0.05) is 24.6 Å².